The molecule has 1 saturated heterocycles. The second kappa shape index (κ2) is 5.72. The summed E-state index contributed by atoms with van der Waals surface area (Å²) in [5.74, 6) is -1.73. The zero-order valence-electron chi connectivity index (χ0n) is 9.72. The maximum absolute atomic E-state index is 9.30. The Morgan fingerprint density at radius 1 is 1.05 bits per heavy atom. The van der Waals surface area contributed by atoms with Gasteiger partial charge in [-0.15, -0.1) is 0 Å². The van der Waals surface area contributed by atoms with Gasteiger partial charge >= 0.3 is 0 Å². The number of hydrogen-bond donors (Lipinski definition) is 2. The molecule has 0 spiro atoms. The zero-order valence-corrected chi connectivity index (χ0v) is 12.7. The highest BCUT2D eigenvalue weighted by atomic mass is 127. The molecule has 94 valence electrons. The monoisotopic (exact) mass is 380 g/mol. The second-order valence-electron chi connectivity index (χ2n) is 4.09. The standard InChI is InChI=1S/C13H9IN4S/c14-10-4-2-1-3-7(10)11-8(5-15)12(17)19-13(18)9(11)6-16/h1-4,8-9,11,17-18H. The molecule has 0 aromatic heterocycles. The van der Waals surface area contributed by atoms with Gasteiger partial charge in [-0.3, -0.25) is 10.8 Å². The van der Waals surface area contributed by atoms with Crippen LogP contribution < -0.4 is 0 Å². The van der Waals surface area contributed by atoms with E-state index in [1.54, 1.807) is 0 Å². The van der Waals surface area contributed by atoms with Crippen molar-refractivity contribution in [1.82, 2.24) is 0 Å². The molecule has 1 aromatic rings. The molecule has 1 fully saturated rings. The fraction of sp³-hybridized carbons (Fsp3) is 0.231. The summed E-state index contributed by atoms with van der Waals surface area (Å²) in [6.45, 7) is 0. The van der Waals surface area contributed by atoms with Gasteiger partial charge in [-0.2, -0.15) is 10.5 Å². The number of nitrogens with zero attached hydrogens (tertiary/aromatic N) is 2. The summed E-state index contributed by atoms with van der Waals surface area (Å²) in [6.07, 6.45) is 0. The molecule has 2 atom stereocenters. The van der Waals surface area contributed by atoms with Gasteiger partial charge in [0.25, 0.3) is 0 Å². The van der Waals surface area contributed by atoms with Crippen LogP contribution in [-0.4, -0.2) is 10.1 Å². The Labute approximate surface area is 129 Å². The van der Waals surface area contributed by atoms with Crippen LogP contribution in [0.5, 0.6) is 0 Å². The third kappa shape index (κ3) is 2.51. The third-order valence-corrected chi connectivity index (χ3v) is 4.98. The highest BCUT2D eigenvalue weighted by Crippen LogP contribution is 2.43. The Kier molecular flexibility index (Phi) is 4.23. The molecular formula is C13H9IN4S. The van der Waals surface area contributed by atoms with Gasteiger partial charge in [0.05, 0.1) is 22.2 Å². The van der Waals surface area contributed by atoms with Crippen LogP contribution in [0.4, 0.5) is 0 Å². The van der Waals surface area contributed by atoms with Crippen LogP contribution in [0.2, 0.25) is 0 Å². The lowest BCUT2D eigenvalue weighted by Crippen LogP contribution is -2.34. The van der Waals surface area contributed by atoms with E-state index in [2.05, 4.69) is 34.7 Å². The second-order valence-corrected chi connectivity index (χ2v) is 6.34. The number of rotatable bonds is 1. The Balaban J connectivity index is 2.57. The quantitative estimate of drug-likeness (QED) is 0.732. The Hall–Kier alpha value is -1.38. The van der Waals surface area contributed by atoms with Crippen LogP contribution in [0, 0.1) is 48.9 Å². The van der Waals surface area contributed by atoms with E-state index < -0.39 is 17.8 Å². The number of halogens is 1. The average Bonchev–Trinajstić information content (AvgIpc) is 2.38. The van der Waals surface area contributed by atoms with Gasteiger partial charge in [0.1, 0.15) is 11.8 Å². The fourth-order valence-electron chi connectivity index (χ4n) is 2.15. The summed E-state index contributed by atoms with van der Waals surface area (Å²) in [5, 5.41) is 34.7. The summed E-state index contributed by atoms with van der Waals surface area (Å²) < 4.78 is 0.957. The van der Waals surface area contributed by atoms with Crippen molar-refractivity contribution < 1.29 is 0 Å². The van der Waals surface area contributed by atoms with Crippen LogP contribution in [0.25, 0.3) is 0 Å². The van der Waals surface area contributed by atoms with Crippen molar-refractivity contribution in [2.24, 2.45) is 11.8 Å². The van der Waals surface area contributed by atoms with E-state index in [1.165, 1.54) is 0 Å². The highest BCUT2D eigenvalue weighted by molar-refractivity contribution is 14.1. The summed E-state index contributed by atoms with van der Waals surface area (Å²) in [6, 6.07) is 11.8. The van der Waals surface area contributed by atoms with Gasteiger partial charge in [0, 0.05) is 9.49 Å². The SMILES string of the molecule is N#CC1C(=N)SC(=N)C(C#N)C1c1ccccc1I. The molecule has 1 heterocycles. The molecule has 0 aliphatic carbocycles. The molecule has 2 unspecified atom stereocenters. The van der Waals surface area contributed by atoms with E-state index in [0.29, 0.717) is 0 Å². The lowest BCUT2D eigenvalue weighted by molar-refractivity contribution is 0.574. The minimum Gasteiger partial charge on any atom is -0.297 e. The lowest BCUT2D eigenvalue weighted by Gasteiger charge is -2.32. The van der Waals surface area contributed by atoms with E-state index in [4.69, 9.17) is 10.8 Å². The maximum Gasteiger partial charge on any atom is 0.103 e. The Bertz CT molecular complexity index is 596. The predicted molar refractivity (Wildman–Crippen MR) is 83.2 cm³/mol. The number of benzene rings is 1. The topological polar surface area (TPSA) is 95.3 Å². The molecule has 1 aromatic carbocycles. The zero-order chi connectivity index (χ0) is 14.0. The molecule has 1 aliphatic rings. The minimum absolute atomic E-state index is 0.156. The number of hydrogen-bond acceptors (Lipinski definition) is 5. The third-order valence-electron chi connectivity index (χ3n) is 3.05. The molecule has 0 bridgehead atoms. The van der Waals surface area contributed by atoms with Crippen molar-refractivity contribution in [3.05, 3.63) is 33.4 Å². The van der Waals surface area contributed by atoms with Crippen LogP contribution in [0.15, 0.2) is 24.3 Å². The number of thioether (sulfide) groups is 1. The summed E-state index contributed by atoms with van der Waals surface area (Å²) >= 11 is 3.09. The van der Waals surface area contributed by atoms with Crippen LogP contribution in [0.1, 0.15) is 11.5 Å². The Morgan fingerprint density at radius 2 is 1.58 bits per heavy atom. The van der Waals surface area contributed by atoms with Gasteiger partial charge in [-0.1, -0.05) is 30.0 Å². The summed E-state index contributed by atoms with van der Waals surface area (Å²) in [5.41, 5.74) is 0.871. The smallest absolute Gasteiger partial charge is 0.103 e. The molecule has 0 amide bonds. The first-order valence-electron chi connectivity index (χ1n) is 5.48. The fourth-order valence-corrected chi connectivity index (χ4v) is 3.78. The molecule has 19 heavy (non-hydrogen) atoms. The molecule has 4 nitrogen and oxygen atoms in total. The van der Waals surface area contributed by atoms with Gasteiger partial charge in [0.2, 0.25) is 0 Å². The minimum atomic E-state index is -0.653. The summed E-state index contributed by atoms with van der Waals surface area (Å²) in [7, 11) is 0. The van der Waals surface area contributed by atoms with E-state index in [0.717, 1.165) is 20.9 Å². The first-order chi connectivity index (χ1) is 9.10. The molecule has 6 heteroatoms. The van der Waals surface area contributed by atoms with Crippen LogP contribution >= 0.6 is 34.4 Å². The Morgan fingerprint density at radius 3 is 2.05 bits per heavy atom. The van der Waals surface area contributed by atoms with Crippen molar-refractivity contribution in [2.75, 3.05) is 0 Å². The maximum atomic E-state index is 9.30. The number of nitriles is 2. The van der Waals surface area contributed by atoms with E-state index in [9.17, 15) is 10.5 Å². The first-order valence-corrected chi connectivity index (χ1v) is 7.38. The van der Waals surface area contributed by atoms with E-state index in [-0.39, 0.29) is 10.1 Å². The van der Waals surface area contributed by atoms with Gasteiger partial charge in [0.15, 0.2) is 0 Å². The summed E-state index contributed by atoms with van der Waals surface area (Å²) in [4.78, 5) is 0. The van der Waals surface area contributed by atoms with E-state index in [1.807, 2.05) is 24.3 Å². The van der Waals surface area contributed by atoms with Crippen molar-refractivity contribution in [2.45, 2.75) is 5.92 Å². The lowest BCUT2D eigenvalue weighted by atomic mass is 9.78. The molecule has 0 radical (unpaired) electrons. The average molecular weight is 380 g/mol. The first kappa shape index (κ1) is 14.0. The van der Waals surface area contributed by atoms with Crippen molar-refractivity contribution in [1.29, 1.82) is 21.3 Å². The molecule has 2 N–H and O–H groups in total. The molecule has 0 saturated carbocycles. The van der Waals surface area contributed by atoms with Gasteiger partial charge < -0.3 is 0 Å². The van der Waals surface area contributed by atoms with E-state index >= 15 is 0 Å². The van der Waals surface area contributed by atoms with Crippen molar-refractivity contribution >= 4 is 44.4 Å². The van der Waals surface area contributed by atoms with Crippen molar-refractivity contribution in [3.8, 4) is 12.1 Å². The number of nitrogens with one attached hydrogen (secondary N) is 2. The largest absolute Gasteiger partial charge is 0.297 e. The van der Waals surface area contributed by atoms with Crippen molar-refractivity contribution in [3.63, 3.8) is 0 Å². The molecular weight excluding hydrogens is 371 g/mol. The highest BCUT2D eigenvalue weighted by Gasteiger charge is 2.42. The molecule has 1 aliphatic heterocycles. The normalized spacial score (nSPS) is 26.6. The van der Waals surface area contributed by atoms with Crippen LogP contribution in [0.3, 0.4) is 0 Å². The van der Waals surface area contributed by atoms with Gasteiger partial charge in [-0.25, -0.2) is 0 Å². The van der Waals surface area contributed by atoms with Gasteiger partial charge in [-0.05, 0) is 34.2 Å². The predicted octanol–water partition coefficient (Wildman–Crippen LogP) is 3.36. The molecule has 2 rings (SSSR count). The van der Waals surface area contributed by atoms with Crippen LogP contribution in [-0.2, 0) is 0 Å².